The van der Waals surface area contributed by atoms with E-state index in [1.807, 2.05) is 23.9 Å². The van der Waals surface area contributed by atoms with Crippen molar-refractivity contribution in [3.63, 3.8) is 0 Å². The van der Waals surface area contributed by atoms with Crippen LogP contribution in [0.4, 0.5) is 10.9 Å². The summed E-state index contributed by atoms with van der Waals surface area (Å²) in [6, 6.07) is 6.12. The number of methoxy groups -OCH3 is 1. The molecule has 0 saturated carbocycles. The monoisotopic (exact) mass is 363 g/mol. The second-order valence-corrected chi connectivity index (χ2v) is 7.49. The molecule has 3 rings (SSSR count). The van der Waals surface area contributed by atoms with Gasteiger partial charge in [0.2, 0.25) is 5.13 Å². The minimum atomic E-state index is 0.504. The zero-order valence-electron chi connectivity index (χ0n) is 13.6. The fourth-order valence-corrected chi connectivity index (χ4v) is 4.03. The maximum absolute atomic E-state index is 5.59. The molecule has 0 aliphatic carbocycles. The fraction of sp³-hybridized carbons (Fsp3) is 0.375. The zero-order chi connectivity index (χ0) is 16.8. The summed E-state index contributed by atoms with van der Waals surface area (Å²) in [4.78, 5) is 6.57. The highest BCUT2D eigenvalue weighted by Crippen LogP contribution is 2.23. The highest BCUT2D eigenvalue weighted by atomic mass is 32.2. The van der Waals surface area contributed by atoms with Crippen LogP contribution < -0.4 is 15.9 Å². The van der Waals surface area contributed by atoms with Gasteiger partial charge in [-0.05, 0) is 23.8 Å². The number of thiazole rings is 1. The van der Waals surface area contributed by atoms with Gasteiger partial charge in [0.05, 0.1) is 13.3 Å². The molecule has 2 heterocycles. The Morgan fingerprint density at radius 2 is 2.25 bits per heavy atom. The van der Waals surface area contributed by atoms with Gasteiger partial charge in [-0.3, -0.25) is 10.3 Å². The van der Waals surface area contributed by atoms with Crippen molar-refractivity contribution >= 4 is 40.3 Å². The van der Waals surface area contributed by atoms with Crippen LogP contribution >= 0.6 is 23.1 Å². The molecule has 1 aromatic heterocycles. The van der Waals surface area contributed by atoms with Crippen LogP contribution in [0.1, 0.15) is 11.1 Å². The van der Waals surface area contributed by atoms with Gasteiger partial charge in [0.1, 0.15) is 11.6 Å². The van der Waals surface area contributed by atoms with Gasteiger partial charge >= 0.3 is 0 Å². The van der Waals surface area contributed by atoms with E-state index >= 15 is 0 Å². The lowest BCUT2D eigenvalue weighted by Crippen LogP contribution is -2.32. The van der Waals surface area contributed by atoms with E-state index in [1.54, 1.807) is 18.7 Å². The molecule has 6 nitrogen and oxygen atoms in total. The third-order valence-electron chi connectivity index (χ3n) is 3.70. The number of nitrogens with zero attached hydrogens (tertiary/aromatic N) is 3. The molecule has 1 aromatic carbocycles. The van der Waals surface area contributed by atoms with Gasteiger partial charge in [-0.2, -0.15) is 16.9 Å². The summed E-state index contributed by atoms with van der Waals surface area (Å²) >= 11 is 3.44. The molecule has 0 bridgehead atoms. The minimum Gasteiger partial charge on any atom is -0.496 e. The van der Waals surface area contributed by atoms with Gasteiger partial charge in [-0.15, -0.1) is 11.3 Å². The molecule has 0 amide bonds. The number of rotatable bonds is 6. The molecule has 8 heteroatoms. The van der Waals surface area contributed by atoms with E-state index < -0.39 is 0 Å². The number of nitrogens with one attached hydrogen (secondary N) is 1. The van der Waals surface area contributed by atoms with Crippen molar-refractivity contribution in [3.05, 3.63) is 34.7 Å². The van der Waals surface area contributed by atoms with Gasteiger partial charge in [0.15, 0.2) is 0 Å². The number of nitrogens with two attached hydrogens (primary N) is 1. The summed E-state index contributed by atoms with van der Waals surface area (Å²) in [6.45, 7) is 3.15. The Morgan fingerprint density at radius 1 is 1.42 bits per heavy atom. The van der Waals surface area contributed by atoms with Crippen LogP contribution in [0, 0.1) is 0 Å². The predicted octanol–water partition coefficient (Wildman–Crippen LogP) is 2.73. The molecule has 0 spiro atoms. The molecule has 1 fully saturated rings. The third kappa shape index (κ3) is 4.62. The van der Waals surface area contributed by atoms with E-state index in [0.717, 1.165) is 30.9 Å². The summed E-state index contributed by atoms with van der Waals surface area (Å²) in [5.41, 5.74) is 10.7. The van der Waals surface area contributed by atoms with Crippen molar-refractivity contribution in [1.82, 2.24) is 9.88 Å². The molecule has 2 aromatic rings. The van der Waals surface area contributed by atoms with Crippen LogP contribution in [-0.4, -0.2) is 47.8 Å². The molecule has 0 unspecified atom stereocenters. The molecule has 128 valence electrons. The molecule has 24 heavy (non-hydrogen) atoms. The number of ether oxygens (including phenoxy) is 1. The van der Waals surface area contributed by atoms with E-state index in [9.17, 15) is 0 Å². The number of thioether (sulfide) groups is 1. The quantitative estimate of drug-likeness (QED) is 0.607. The third-order valence-corrected chi connectivity index (χ3v) is 5.41. The first-order chi connectivity index (χ1) is 11.7. The van der Waals surface area contributed by atoms with Crippen molar-refractivity contribution in [2.45, 2.75) is 6.54 Å². The van der Waals surface area contributed by atoms with Crippen LogP contribution in [0.5, 0.6) is 5.75 Å². The van der Waals surface area contributed by atoms with Crippen molar-refractivity contribution in [1.29, 1.82) is 0 Å². The average molecular weight is 364 g/mol. The highest BCUT2D eigenvalue weighted by Gasteiger charge is 2.13. The van der Waals surface area contributed by atoms with E-state index in [0.29, 0.717) is 10.9 Å². The van der Waals surface area contributed by atoms with Crippen LogP contribution in [0.15, 0.2) is 28.7 Å². The van der Waals surface area contributed by atoms with Crippen LogP contribution in [0.25, 0.3) is 0 Å². The summed E-state index contributed by atoms with van der Waals surface area (Å²) < 4.78 is 5.50. The summed E-state index contributed by atoms with van der Waals surface area (Å²) in [7, 11) is 1.72. The van der Waals surface area contributed by atoms with Gasteiger partial charge in [0.25, 0.3) is 0 Å². The topological polar surface area (TPSA) is 75.8 Å². The van der Waals surface area contributed by atoms with Crippen molar-refractivity contribution in [2.24, 2.45) is 5.10 Å². The van der Waals surface area contributed by atoms with E-state index in [4.69, 9.17) is 10.5 Å². The molecule has 0 atom stereocenters. The van der Waals surface area contributed by atoms with Crippen LogP contribution in [-0.2, 0) is 6.54 Å². The molecule has 1 aliphatic rings. The Balaban J connectivity index is 1.68. The molecule has 1 saturated heterocycles. The molecular formula is C16H21N5OS2. The lowest BCUT2D eigenvalue weighted by Gasteiger charge is -2.26. The first-order valence-corrected chi connectivity index (χ1v) is 9.75. The molecule has 1 aliphatic heterocycles. The standard InChI is InChI=1S/C16H21N5OS2/c1-22-14-3-2-12(9-18-20-16-19-15(17)11-24-16)8-13(14)10-21-4-6-23-7-5-21/h2-3,8-9,11H,4-7,10,17H2,1H3,(H,19,20). The Bertz CT molecular complexity index is 698. The van der Waals surface area contributed by atoms with Crippen LogP contribution in [0.3, 0.4) is 0 Å². The smallest absolute Gasteiger partial charge is 0.205 e. The lowest BCUT2D eigenvalue weighted by molar-refractivity contribution is 0.288. The Kier molecular flexibility index (Phi) is 5.95. The van der Waals surface area contributed by atoms with Gasteiger partial charge in [-0.25, -0.2) is 4.98 Å². The first kappa shape index (κ1) is 17.1. The highest BCUT2D eigenvalue weighted by molar-refractivity contribution is 7.99. The summed E-state index contributed by atoms with van der Waals surface area (Å²) in [5, 5.41) is 6.69. The number of nitrogen functional groups attached to an aromatic ring is 1. The molecule has 3 N–H and O–H groups in total. The largest absolute Gasteiger partial charge is 0.496 e. The normalized spacial score (nSPS) is 15.7. The minimum absolute atomic E-state index is 0.504. The SMILES string of the molecule is COc1ccc(C=NNc2nc(N)cs2)cc1CN1CCSCC1. The number of hydrogen-bond acceptors (Lipinski definition) is 8. The second kappa shape index (κ2) is 8.36. The Hall–Kier alpha value is -1.77. The van der Waals surface area contributed by atoms with E-state index in [1.165, 1.54) is 28.4 Å². The van der Waals surface area contributed by atoms with Gasteiger partial charge in [0, 0.05) is 42.1 Å². The number of hydrazone groups is 1. The number of aromatic nitrogens is 1. The van der Waals surface area contributed by atoms with E-state index in [2.05, 4.69) is 26.5 Å². The van der Waals surface area contributed by atoms with Crippen molar-refractivity contribution in [3.8, 4) is 5.75 Å². The van der Waals surface area contributed by atoms with Gasteiger partial charge in [-0.1, -0.05) is 0 Å². The Labute approximate surface area is 150 Å². The first-order valence-electron chi connectivity index (χ1n) is 7.71. The van der Waals surface area contributed by atoms with Crippen molar-refractivity contribution in [2.75, 3.05) is 42.9 Å². The van der Waals surface area contributed by atoms with Crippen molar-refractivity contribution < 1.29 is 4.74 Å². The summed E-state index contributed by atoms with van der Waals surface area (Å²) in [6.07, 6.45) is 1.78. The maximum Gasteiger partial charge on any atom is 0.205 e. The number of hydrogen-bond donors (Lipinski definition) is 2. The number of anilines is 2. The Morgan fingerprint density at radius 3 is 2.96 bits per heavy atom. The zero-order valence-corrected chi connectivity index (χ0v) is 15.2. The fourth-order valence-electron chi connectivity index (χ4n) is 2.50. The molecule has 0 radical (unpaired) electrons. The average Bonchev–Trinajstić information content (AvgIpc) is 3.01. The van der Waals surface area contributed by atoms with Crippen LogP contribution in [0.2, 0.25) is 0 Å². The predicted molar refractivity (Wildman–Crippen MR) is 103 cm³/mol. The van der Waals surface area contributed by atoms with E-state index in [-0.39, 0.29) is 0 Å². The number of benzene rings is 1. The van der Waals surface area contributed by atoms with Gasteiger partial charge < -0.3 is 10.5 Å². The molecular weight excluding hydrogens is 342 g/mol. The lowest BCUT2D eigenvalue weighted by atomic mass is 10.1. The second-order valence-electron chi connectivity index (χ2n) is 5.41. The maximum atomic E-state index is 5.59. The summed E-state index contributed by atoms with van der Waals surface area (Å²) in [5.74, 6) is 3.82.